The van der Waals surface area contributed by atoms with Crippen molar-refractivity contribution in [1.29, 1.82) is 0 Å². The number of nitrogens with one attached hydrogen (secondary N) is 2. The number of rotatable bonds is 8. The van der Waals surface area contributed by atoms with Crippen LogP contribution in [0.15, 0.2) is 76.3 Å². The molecule has 2 heterocycles. The topological polar surface area (TPSA) is 180 Å². The summed E-state index contributed by atoms with van der Waals surface area (Å²) in [5.74, 6) is -3.58. The van der Waals surface area contributed by atoms with Crippen LogP contribution in [0.1, 0.15) is 54.7 Å². The van der Waals surface area contributed by atoms with Crippen LogP contribution in [0.5, 0.6) is 11.5 Å². The largest absolute Gasteiger partial charge is 0.504 e. The summed E-state index contributed by atoms with van der Waals surface area (Å²) in [6.07, 6.45) is 0. The molecule has 0 saturated carbocycles. The molecule has 12 nitrogen and oxygen atoms in total. The van der Waals surface area contributed by atoms with E-state index >= 15 is 0 Å². The molecule has 0 bridgehead atoms. The first kappa shape index (κ1) is 27.8. The lowest BCUT2D eigenvalue weighted by Crippen LogP contribution is -2.25. The van der Waals surface area contributed by atoms with E-state index in [0.29, 0.717) is 11.4 Å². The number of H-pyrrole nitrogens is 2. The molecule has 0 saturated heterocycles. The summed E-state index contributed by atoms with van der Waals surface area (Å²) in [6, 6.07) is 16.3. The summed E-state index contributed by atoms with van der Waals surface area (Å²) in [5.41, 5.74) is 0.544. The number of benzene rings is 3. The number of methoxy groups -OCH3 is 1. The lowest BCUT2D eigenvalue weighted by Gasteiger charge is -2.18. The van der Waals surface area contributed by atoms with Gasteiger partial charge in [0.1, 0.15) is 0 Å². The van der Waals surface area contributed by atoms with Gasteiger partial charge in [0.25, 0.3) is 11.1 Å². The predicted molar refractivity (Wildman–Crippen MR) is 152 cm³/mol. The van der Waals surface area contributed by atoms with Crippen molar-refractivity contribution in [3.8, 4) is 22.9 Å². The van der Waals surface area contributed by atoms with E-state index in [9.17, 15) is 34.5 Å². The minimum atomic E-state index is -1.16. The highest BCUT2D eigenvalue weighted by atomic mass is 16.5. The fourth-order valence-electron chi connectivity index (χ4n) is 5.11. The van der Waals surface area contributed by atoms with Gasteiger partial charge in [0, 0.05) is 17.0 Å². The molecular weight excluding hydrogens is 544 g/mol. The fraction of sp³-hybridized carbons (Fsp3) is 0.133. The Labute approximate surface area is 237 Å². The Hall–Kier alpha value is -5.78. The second kappa shape index (κ2) is 10.7. The number of aryl methyl sites for hydroxylation is 2. The van der Waals surface area contributed by atoms with Crippen LogP contribution >= 0.6 is 0 Å². The third kappa shape index (κ3) is 4.64. The smallest absolute Gasteiger partial charge is 0.335 e. The number of hydrogen-bond acceptors (Lipinski definition) is 6. The average Bonchev–Trinajstić information content (AvgIpc) is 3.44. The molecule has 42 heavy (non-hydrogen) atoms. The van der Waals surface area contributed by atoms with Gasteiger partial charge in [0.2, 0.25) is 0 Å². The van der Waals surface area contributed by atoms with E-state index < -0.39 is 29.0 Å². The predicted octanol–water partition coefficient (Wildman–Crippen LogP) is 3.55. The van der Waals surface area contributed by atoms with Gasteiger partial charge in [-0.05, 0) is 56.3 Å². The second-order valence-corrected chi connectivity index (χ2v) is 9.62. The maximum absolute atomic E-state index is 14.0. The van der Waals surface area contributed by atoms with Gasteiger partial charge in [-0.2, -0.15) is 0 Å². The van der Waals surface area contributed by atoms with Crippen LogP contribution in [0.25, 0.3) is 11.4 Å². The highest BCUT2D eigenvalue weighted by molar-refractivity contribution is 5.88. The number of phenolic OH excluding ortho intramolecular Hbond substituents is 1. The quantitative estimate of drug-likeness (QED) is 0.188. The lowest BCUT2D eigenvalue weighted by molar-refractivity contribution is 0.0686. The van der Waals surface area contributed by atoms with Crippen LogP contribution in [0.3, 0.4) is 0 Å². The van der Waals surface area contributed by atoms with E-state index in [0.717, 1.165) is 0 Å². The van der Waals surface area contributed by atoms with Crippen LogP contribution in [0.4, 0.5) is 0 Å². The molecule has 0 fully saturated rings. The minimum absolute atomic E-state index is 0.0249. The van der Waals surface area contributed by atoms with E-state index in [1.165, 1.54) is 58.9 Å². The molecule has 12 heteroatoms. The molecule has 0 atom stereocenters. The maximum Gasteiger partial charge on any atom is 0.335 e. The molecule has 214 valence electrons. The molecule has 0 aliphatic heterocycles. The van der Waals surface area contributed by atoms with Crippen molar-refractivity contribution < 1.29 is 29.6 Å². The van der Waals surface area contributed by atoms with Gasteiger partial charge >= 0.3 is 11.9 Å². The van der Waals surface area contributed by atoms with Gasteiger partial charge in [0.15, 0.2) is 11.5 Å². The van der Waals surface area contributed by atoms with Crippen molar-refractivity contribution in [2.45, 2.75) is 19.8 Å². The number of nitrogens with zero attached hydrogens (tertiary/aromatic N) is 2. The minimum Gasteiger partial charge on any atom is -0.504 e. The number of carbonyl (C=O) groups is 2. The molecule has 0 spiro atoms. The Morgan fingerprint density at radius 2 is 1.21 bits per heavy atom. The zero-order valence-electron chi connectivity index (χ0n) is 22.7. The lowest BCUT2D eigenvalue weighted by atomic mass is 9.84. The third-order valence-electron chi connectivity index (χ3n) is 7.08. The average molecular weight is 571 g/mol. The van der Waals surface area contributed by atoms with Crippen molar-refractivity contribution in [2.75, 3.05) is 7.11 Å². The highest BCUT2D eigenvalue weighted by Crippen LogP contribution is 2.41. The number of phenols is 1. The van der Waals surface area contributed by atoms with Gasteiger partial charge in [-0.25, -0.2) is 19.0 Å². The van der Waals surface area contributed by atoms with Crippen molar-refractivity contribution >= 4 is 11.9 Å². The molecule has 5 N–H and O–H groups in total. The van der Waals surface area contributed by atoms with E-state index in [1.54, 1.807) is 38.1 Å². The van der Waals surface area contributed by atoms with E-state index in [1.807, 2.05) is 0 Å². The number of para-hydroxylation sites is 1. The van der Waals surface area contributed by atoms with Crippen LogP contribution in [-0.2, 0) is 0 Å². The molecule has 0 radical (unpaired) electrons. The van der Waals surface area contributed by atoms with Crippen molar-refractivity contribution in [2.24, 2.45) is 0 Å². The van der Waals surface area contributed by atoms with Crippen molar-refractivity contribution in [1.82, 2.24) is 19.6 Å². The molecule has 0 aliphatic rings. The Bertz CT molecular complexity index is 1860. The summed E-state index contributed by atoms with van der Waals surface area (Å²) in [4.78, 5) is 51.2. The van der Waals surface area contributed by atoms with Crippen LogP contribution in [-0.4, -0.2) is 53.9 Å². The molecule has 5 rings (SSSR count). The summed E-state index contributed by atoms with van der Waals surface area (Å²) in [7, 11) is 1.38. The summed E-state index contributed by atoms with van der Waals surface area (Å²) in [5, 5.41) is 36.0. The third-order valence-corrected chi connectivity index (χ3v) is 7.08. The van der Waals surface area contributed by atoms with Gasteiger partial charge in [-0.1, -0.05) is 24.3 Å². The van der Waals surface area contributed by atoms with Gasteiger partial charge < -0.3 is 20.1 Å². The van der Waals surface area contributed by atoms with Crippen LogP contribution < -0.4 is 15.9 Å². The number of aromatic carboxylic acids is 2. The molecule has 2 aromatic heterocycles. The first-order valence-electron chi connectivity index (χ1n) is 12.7. The fourth-order valence-corrected chi connectivity index (χ4v) is 5.11. The normalized spacial score (nSPS) is 11.1. The summed E-state index contributed by atoms with van der Waals surface area (Å²) < 4.78 is 7.66. The standard InChI is InChI=1S/C30H26N4O8/c1-15-23(27(36)33(31-15)19-9-4-7-17(13-19)29(38)39)25(21-11-6-12-22(42-3)26(21)35)24-16(2)32-34(28(24)37)20-10-5-8-18(14-20)30(40)41/h4-14,25,31-32,35H,1-3H3,(H,38,39)(H,40,41). The van der Waals surface area contributed by atoms with E-state index in [-0.39, 0.29) is 50.7 Å². The highest BCUT2D eigenvalue weighted by Gasteiger charge is 2.33. The SMILES string of the molecule is COc1cccc(C(c2c(C)[nH]n(-c3cccc(C(=O)O)c3)c2=O)c2c(C)[nH]n(-c3cccc(C(=O)O)c3)c2=O)c1O. The molecule has 0 amide bonds. The Morgan fingerprint density at radius 3 is 1.64 bits per heavy atom. The Kier molecular flexibility index (Phi) is 7.05. The zero-order chi connectivity index (χ0) is 30.3. The molecule has 0 aliphatic carbocycles. The van der Waals surface area contributed by atoms with Crippen molar-refractivity contribution in [3.05, 3.63) is 127 Å². The van der Waals surface area contributed by atoms with Gasteiger partial charge in [-0.15, -0.1) is 0 Å². The Morgan fingerprint density at radius 1 is 0.762 bits per heavy atom. The van der Waals surface area contributed by atoms with Gasteiger partial charge in [0.05, 0.1) is 46.7 Å². The van der Waals surface area contributed by atoms with E-state index in [4.69, 9.17) is 4.74 Å². The van der Waals surface area contributed by atoms with E-state index in [2.05, 4.69) is 10.2 Å². The van der Waals surface area contributed by atoms with Gasteiger partial charge in [-0.3, -0.25) is 19.8 Å². The molecule has 0 unspecified atom stereocenters. The Balaban J connectivity index is 1.79. The summed E-state index contributed by atoms with van der Waals surface area (Å²) in [6.45, 7) is 3.27. The summed E-state index contributed by atoms with van der Waals surface area (Å²) >= 11 is 0. The molecule has 5 aromatic rings. The zero-order valence-corrected chi connectivity index (χ0v) is 22.7. The number of aromatic hydroxyl groups is 1. The number of carboxylic acids is 2. The molecule has 3 aromatic carbocycles. The maximum atomic E-state index is 14.0. The molecular formula is C30H26N4O8. The first-order chi connectivity index (χ1) is 20.0. The number of hydrogen-bond donors (Lipinski definition) is 5. The first-order valence-corrected chi connectivity index (χ1v) is 12.7. The number of carboxylic acid groups (broad SMARTS) is 2. The van der Waals surface area contributed by atoms with Crippen LogP contribution in [0.2, 0.25) is 0 Å². The van der Waals surface area contributed by atoms with Crippen LogP contribution in [0, 0.1) is 13.8 Å². The van der Waals surface area contributed by atoms with Crippen molar-refractivity contribution in [3.63, 3.8) is 0 Å². The second-order valence-electron chi connectivity index (χ2n) is 9.62. The number of ether oxygens (including phenoxy) is 1. The number of aromatic nitrogens is 4. The monoisotopic (exact) mass is 570 g/mol. The number of aromatic amines is 2.